The number of hydrogen-bond acceptors (Lipinski definition) is 3. The lowest BCUT2D eigenvalue weighted by atomic mass is 10.2. The maximum absolute atomic E-state index is 5.72. The molecule has 1 unspecified atom stereocenters. The number of nitrogens with zero attached hydrogens (tertiary/aromatic N) is 2. The van der Waals surface area contributed by atoms with Crippen molar-refractivity contribution in [3.8, 4) is 0 Å². The molecule has 0 radical (unpaired) electrons. The predicted octanol–water partition coefficient (Wildman–Crippen LogP) is 2.23. The lowest BCUT2D eigenvalue weighted by molar-refractivity contribution is 0.201. The van der Waals surface area contributed by atoms with E-state index >= 15 is 0 Å². The molecule has 1 aliphatic heterocycles. The quantitative estimate of drug-likeness (QED) is 0.929. The largest absolute Gasteiger partial charge is 0.369 e. The number of rotatable bonds is 3. The van der Waals surface area contributed by atoms with Crippen LogP contribution in [0.25, 0.3) is 0 Å². The normalized spacial score (nSPS) is 19.0. The summed E-state index contributed by atoms with van der Waals surface area (Å²) in [6.07, 6.45) is 0. The third kappa shape index (κ3) is 3.05. The highest BCUT2D eigenvalue weighted by Crippen LogP contribution is 2.24. The fourth-order valence-electron chi connectivity index (χ4n) is 2.35. The maximum Gasteiger partial charge on any atom is 0.0378 e. The van der Waals surface area contributed by atoms with Gasteiger partial charge in [-0.1, -0.05) is 22.0 Å². The molecule has 100 valence electrons. The SMILES string of the molecule is Cc1ccc(N2CCN(C(C)CN)CC2)cc1Br. The van der Waals surface area contributed by atoms with Crippen LogP contribution in [0.3, 0.4) is 0 Å². The van der Waals surface area contributed by atoms with Gasteiger partial charge in [0.05, 0.1) is 0 Å². The smallest absolute Gasteiger partial charge is 0.0378 e. The number of nitrogens with two attached hydrogens (primary N) is 1. The summed E-state index contributed by atoms with van der Waals surface area (Å²) in [5.74, 6) is 0. The summed E-state index contributed by atoms with van der Waals surface area (Å²) in [7, 11) is 0. The number of halogens is 1. The van der Waals surface area contributed by atoms with Crippen LogP contribution in [0.15, 0.2) is 22.7 Å². The molecular weight excluding hydrogens is 290 g/mol. The summed E-state index contributed by atoms with van der Waals surface area (Å²) >= 11 is 3.61. The highest BCUT2D eigenvalue weighted by atomic mass is 79.9. The van der Waals surface area contributed by atoms with Crippen LogP contribution < -0.4 is 10.6 Å². The first kappa shape index (κ1) is 13.8. The average Bonchev–Trinajstić information content (AvgIpc) is 2.41. The van der Waals surface area contributed by atoms with E-state index in [0.29, 0.717) is 6.04 Å². The summed E-state index contributed by atoms with van der Waals surface area (Å²) < 4.78 is 1.19. The summed E-state index contributed by atoms with van der Waals surface area (Å²) in [6, 6.07) is 7.10. The molecule has 0 saturated carbocycles. The molecule has 0 aromatic heterocycles. The summed E-state index contributed by atoms with van der Waals surface area (Å²) in [5.41, 5.74) is 8.32. The van der Waals surface area contributed by atoms with Gasteiger partial charge in [0, 0.05) is 48.9 Å². The molecule has 1 aliphatic rings. The van der Waals surface area contributed by atoms with Gasteiger partial charge in [-0.3, -0.25) is 4.90 Å². The van der Waals surface area contributed by atoms with Crippen LogP contribution in [0.1, 0.15) is 12.5 Å². The van der Waals surface area contributed by atoms with Crippen molar-refractivity contribution in [3.05, 3.63) is 28.2 Å². The van der Waals surface area contributed by atoms with Crippen molar-refractivity contribution in [1.82, 2.24) is 4.90 Å². The molecule has 1 aromatic rings. The Hall–Kier alpha value is -0.580. The Bertz CT molecular complexity index is 400. The Morgan fingerprint density at radius 3 is 2.50 bits per heavy atom. The summed E-state index contributed by atoms with van der Waals surface area (Å²) in [5, 5.41) is 0. The molecule has 4 heteroatoms. The van der Waals surface area contributed by atoms with Gasteiger partial charge in [-0.25, -0.2) is 0 Å². The van der Waals surface area contributed by atoms with Crippen molar-refractivity contribution in [1.29, 1.82) is 0 Å². The second kappa shape index (κ2) is 6.04. The zero-order valence-electron chi connectivity index (χ0n) is 11.2. The van der Waals surface area contributed by atoms with E-state index in [1.54, 1.807) is 0 Å². The Morgan fingerprint density at radius 1 is 1.28 bits per heavy atom. The predicted molar refractivity (Wildman–Crippen MR) is 81.2 cm³/mol. The topological polar surface area (TPSA) is 32.5 Å². The lowest BCUT2D eigenvalue weighted by Gasteiger charge is -2.39. The monoisotopic (exact) mass is 311 g/mol. The van der Waals surface area contributed by atoms with Gasteiger partial charge in [0.2, 0.25) is 0 Å². The van der Waals surface area contributed by atoms with Crippen molar-refractivity contribution in [2.45, 2.75) is 19.9 Å². The zero-order chi connectivity index (χ0) is 13.1. The molecule has 0 bridgehead atoms. The molecule has 1 aromatic carbocycles. The van der Waals surface area contributed by atoms with E-state index in [0.717, 1.165) is 32.7 Å². The molecule has 2 N–H and O–H groups in total. The molecular formula is C14H22BrN3. The highest BCUT2D eigenvalue weighted by molar-refractivity contribution is 9.10. The van der Waals surface area contributed by atoms with Crippen LogP contribution in [-0.4, -0.2) is 43.7 Å². The highest BCUT2D eigenvalue weighted by Gasteiger charge is 2.20. The van der Waals surface area contributed by atoms with Crippen molar-refractivity contribution in [2.24, 2.45) is 5.73 Å². The van der Waals surface area contributed by atoms with Crippen LogP contribution in [0, 0.1) is 6.92 Å². The molecule has 1 atom stereocenters. The van der Waals surface area contributed by atoms with Gasteiger partial charge in [0.1, 0.15) is 0 Å². The van der Waals surface area contributed by atoms with Crippen molar-refractivity contribution >= 4 is 21.6 Å². The van der Waals surface area contributed by atoms with E-state index in [9.17, 15) is 0 Å². The molecule has 3 nitrogen and oxygen atoms in total. The number of aryl methyl sites for hydroxylation is 1. The van der Waals surface area contributed by atoms with Gasteiger partial charge in [-0.05, 0) is 31.5 Å². The minimum atomic E-state index is 0.497. The van der Waals surface area contributed by atoms with Gasteiger partial charge in [0.15, 0.2) is 0 Å². The molecule has 1 saturated heterocycles. The summed E-state index contributed by atoms with van der Waals surface area (Å²) in [6.45, 7) is 9.44. The van der Waals surface area contributed by atoms with Crippen LogP contribution in [0.5, 0.6) is 0 Å². The fourth-order valence-corrected chi connectivity index (χ4v) is 2.72. The van der Waals surface area contributed by atoms with E-state index in [4.69, 9.17) is 5.73 Å². The van der Waals surface area contributed by atoms with Crippen LogP contribution >= 0.6 is 15.9 Å². The number of anilines is 1. The first-order valence-corrected chi connectivity index (χ1v) is 7.36. The van der Waals surface area contributed by atoms with E-state index in [-0.39, 0.29) is 0 Å². The van der Waals surface area contributed by atoms with E-state index in [2.05, 4.69) is 57.8 Å². The standard InChI is InChI=1S/C14H22BrN3/c1-11-3-4-13(9-14(11)15)18-7-5-17(6-8-18)12(2)10-16/h3-4,9,12H,5-8,10,16H2,1-2H3. The fraction of sp³-hybridized carbons (Fsp3) is 0.571. The average molecular weight is 312 g/mol. The lowest BCUT2D eigenvalue weighted by Crippen LogP contribution is -2.51. The van der Waals surface area contributed by atoms with Crippen LogP contribution in [0.2, 0.25) is 0 Å². The minimum Gasteiger partial charge on any atom is -0.369 e. The Morgan fingerprint density at radius 2 is 1.94 bits per heavy atom. The second-order valence-corrected chi connectivity index (χ2v) is 5.90. The van der Waals surface area contributed by atoms with Gasteiger partial charge < -0.3 is 10.6 Å². The Labute approximate surface area is 118 Å². The minimum absolute atomic E-state index is 0.497. The van der Waals surface area contributed by atoms with Crippen molar-refractivity contribution < 1.29 is 0 Å². The number of hydrogen-bond donors (Lipinski definition) is 1. The third-order valence-electron chi connectivity index (χ3n) is 3.80. The van der Waals surface area contributed by atoms with E-state index in [1.807, 2.05) is 0 Å². The zero-order valence-corrected chi connectivity index (χ0v) is 12.8. The molecule has 18 heavy (non-hydrogen) atoms. The van der Waals surface area contributed by atoms with Gasteiger partial charge in [-0.15, -0.1) is 0 Å². The van der Waals surface area contributed by atoms with Gasteiger partial charge in [-0.2, -0.15) is 0 Å². The maximum atomic E-state index is 5.72. The van der Waals surface area contributed by atoms with E-state index in [1.165, 1.54) is 15.7 Å². The summed E-state index contributed by atoms with van der Waals surface area (Å²) in [4.78, 5) is 4.92. The Balaban J connectivity index is 1.99. The van der Waals surface area contributed by atoms with Crippen molar-refractivity contribution in [2.75, 3.05) is 37.6 Å². The second-order valence-electron chi connectivity index (χ2n) is 5.04. The molecule has 0 amide bonds. The van der Waals surface area contributed by atoms with Crippen molar-refractivity contribution in [3.63, 3.8) is 0 Å². The van der Waals surface area contributed by atoms with Crippen LogP contribution in [0.4, 0.5) is 5.69 Å². The molecule has 2 rings (SSSR count). The first-order valence-electron chi connectivity index (χ1n) is 6.57. The number of piperazine rings is 1. The molecule has 0 aliphatic carbocycles. The molecule has 1 heterocycles. The number of benzene rings is 1. The Kier molecular flexibility index (Phi) is 4.65. The molecule has 0 spiro atoms. The molecule has 1 fully saturated rings. The van der Waals surface area contributed by atoms with Crippen LogP contribution in [-0.2, 0) is 0 Å². The van der Waals surface area contributed by atoms with E-state index < -0.39 is 0 Å². The van der Waals surface area contributed by atoms with Gasteiger partial charge >= 0.3 is 0 Å². The third-order valence-corrected chi connectivity index (χ3v) is 4.65. The van der Waals surface area contributed by atoms with Gasteiger partial charge in [0.25, 0.3) is 0 Å². The first-order chi connectivity index (χ1) is 8.61.